The Bertz CT molecular complexity index is 873. The quantitative estimate of drug-likeness (QED) is 0.597. The molecule has 0 spiro atoms. The molecule has 0 saturated carbocycles. The van der Waals surface area contributed by atoms with Gasteiger partial charge in [0.2, 0.25) is 5.91 Å². The maximum atomic E-state index is 13.3. The Kier molecular flexibility index (Phi) is 5.72. The van der Waals surface area contributed by atoms with Crippen molar-refractivity contribution in [3.05, 3.63) is 80.2 Å². The van der Waals surface area contributed by atoms with Crippen molar-refractivity contribution in [3.63, 3.8) is 0 Å². The number of fused-ring (bicyclic) bond motifs is 1. The van der Waals surface area contributed by atoms with Gasteiger partial charge in [0, 0.05) is 22.8 Å². The third-order valence-electron chi connectivity index (χ3n) is 5.15. The van der Waals surface area contributed by atoms with E-state index in [0.717, 1.165) is 26.1 Å². The summed E-state index contributed by atoms with van der Waals surface area (Å²) in [4.78, 5) is 20.3. The minimum Gasteiger partial charge on any atom is -0.329 e. The first-order chi connectivity index (χ1) is 13.3. The lowest BCUT2D eigenvalue weighted by Gasteiger charge is -2.36. The van der Waals surface area contributed by atoms with E-state index >= 15 is 0 Å². The van der Waals surface area contributed by atoms with Crippen LogP contribution in [0.25, 0.3) is 0 Å². The first kappa shape index (κ1) is 18.4. The summed E-state index contributed by atoms with van der Waals surface area (Å²) in [6, 6.07) is 16.9. The topological polar surface area (TPSA) is 23.6 Å². The van der Waals surface area contributed by atoms with Gasteiger partial charge in [-0.2, -0.15) is 0 Å². The molecule has 1 aromatic carbocycles. The summed E-state index contributed by atoms with van der Waals surface area (Å²) in [7, 11) is 0. The van der Waals surface area contributed by atoms with Gasteiger partial charge in [0.25, 0.3) is 0 Å². The zero-order valence-electron chi connectivity index (χ0n) is 15.5. The van der Waals surface area contributed by atoms with Gasteiger partial charge in [0.05, 0.1) is 12.6 Å². The average Bonchev–Trinajstić information content (AvgIpc) is 3.39. The number of carbonyl (C=O) groups excluding carboxylic acids is 1. The lowest BCUT2D eigenvalue weighted by Crippen LogP contribution is -2.45. The van der Waals surface area contributed by atoms with Gasteiger partial charge in [-0.3, -0.25) is 9.69 Å². The molecule has 1 atom stereocenters. The lowest BCUT2D eigenvalue weighted by molar-refractivity contribution is -0.134. The first-order valence-corrected chi connectivity index (χ1v) is 11.2. The van der Waals surface area contributed by atoms with Crippen molar-refractivity contribution in [1.82, 2.24) is 9.80 Å². The third kappa shape index (κ3) is 4.00. The fraction of sp³-hybridized carbons (Fsp3) is 0.318. The zero-order chi connectivity index (χ0) is 18.6. The highest BCUT2D eigenvalue weighted by Crippen LogP contribution is 2.39. The van der Waals surface area contributed by atoms with Crippen molar-refractivity contribution in [2.75, 3.05) is 19.6 Å². The molecule has 0 aliphatic carbocycles. The SMILES string of the molecule is CCN(CC(=O)N1CCc2sccc2C1c1cccs1)Cc1ccccc1. The maximum Gasteiger partial charge on any atom is 0.237 e. The molecule has 2 aromatic heterocycles. The minimum absolute atomic E-state index is 0.0722. The second-order valence-corrected chi connectivity index (χ2v) is 8.82. The molecule has 1 aliphatic heterocycles. The Balaban J connectivity index is 1.53. The fourth-order valence-electron chi connectivity index (χ4n) is 3.74. The molecule has 0 saturated heterocycles. The fourth-order valence-corrected chi connectivity index (χ4v) is 5.50. The molecule has 0 N–H and O–H groups in total. The van der Waals surface area contributed by atoms with E-state index in [9.17, 15) is 4.79 Å². The monoisotopic (exact) mass is 396 g/mol. The van der Waals surface area contributed by atoms with E-state index in [1.165, 1.54) is 20.9 Å². The second-order valence-electron chi connectivity index (χ2n) is 6.84. The average molecular weight is 397 g/mol. The van der Waals surface area contributed by atoms with Gasteiger partial charge in [-0.1, -0.05) is 43.3 Å². The molecular weight excluding hydrogens is 372 g/mol. The normalized spacial score (nSPS) is 16.5. The summed E-state index contributed by atoms with van der Waals surface area (Å²) in [5, 5.41) is 4.26. The molecule has 27 heavy (non-hydrogen) atoms. The molecule has 0 radical (unpaired) electrons. The van der Waals surface area contributed by atoms with Gasteiger partial charge < -0.3 is 4.90 Å². The van der Waals surface area contributed by atoms with Crippen molar-refractivity contribution in [1.29, 1.82) is 0 Å². The molecule has 0 fully saturated rings. The van der Waals surface area contributed by atoms with Gasteiger partial charge in [-0.25, -0.2) is 0 Å². The number of benzene rings is 1. The largest absolute Gasteiger partial charge is 0.329 e. The van der Waals surface area contributed by atoms with Crippen LogP contribution in [0.1, 0.15) is 33.8 Å². The highest BCUT2D eigenvalue weighted by atomic mass is 32.1. The number of hydrogen-bond donors (Lipinski definition) is 0. The number of thiophene rings is 2. The number of rotatable bonds is 6. The summed E-state index contributed by atoms with van der Waals surface area (Å²) in [6.45, 7) is 5.07. The molecule has 3 nitrogen and oxygen atoms in total. The second kappa shape index (κ2) is 8.38. The first-order valence-electron chi connectivity index (χ1n) is 9.41. The van der Waals surface area contributed by atoms with Gasteiger partial charge in [0.1, 0.15) is 0 Å². The van der Waals surface area contributed by atoms with Crippen LogP contribution in [0, 0.1) is 0 Å². The van der Waals surface area contributed by atoms with E-state index in [0.29, 0.717) is 6.54 Å². The highest BCUT2D eigenvalue weighted by molar-refractivity contribution is 7.10. The molecule has 0 bridgehead atoms. The Morgan fingerprint density at radius 2 is 1.96 bits per heavy atom. The van der Waals surface area contributed by atoms with Crippen LogP contribution in [0.2, 0.25) is 0 Å². The smallest absolute Gasteiger partial charge is 0.237 e. The molecule has 1 amide bonds. The van der Waals surface area contributed by atoms with Crippen molar-refractivity contribution < 1.29 is 4.79 Å². The molecular formula is C22H24N2OS2. The van der Waals surface area contributed by atoms with E-state index in [1.54, 1.807) is 11.3 Å². The van der Waals surface area contributed by atoms with Crippen LogP contribution >= 0.6 is 22.7 Å². The summed E-state index contributed by atoms with van der Waals surface area (Å²) >= 11 is 3.56. The van der Waals surface area contributed by atoms with E-state index < -0.39 is 0 Å². The Morgan fingerprint density at radius 1 is 1.11 bits per heavy atom. The van der Waals surface area contributed by atoms with E-state index in [-0.39, 0.29) is 11.9 Å². The minimum atomic E-state index is 0.0722. The van der Waals surface area contributed by atoms with Crippen LogP contribution in [0.15, 0.2) is 59.3 Å². The Hall–Kier alpha value is -1.95. The number of carbonyl (C=O) groups is 1. The van der Waals surface area contributed by atoms with Crippen molar-refractivity contribution in [2.45, 2.75) is 25.9 Å². The number of amides is 1. The van der Waals surface area contributed by atoms with Gasteiger partial charge in [-0.15, -0.1) is 22.7 Å². The summed E-state index contributed by atoms with van der Waals surface area (Å²) < 4.78 is 0. The van der Waals surface area contributed by atoms with Crippen molar-refractivity contribution in [2.24, 2.45) is 0 Å². The van der Waals surface area contributed by atoms with Crippen LogP contribution in [-0.2, 0) is 17.8 Å². The maximum absolute atomic E-state index is 13.3. The predicted octanol–water partition coefficient (Wildman–Crippen LogP) is 4.81. The van der Waals surface area contributed by atoms with Crippen LogP contribution < -0.4 is 0 Å². The Morgan fingerprint density at radius 3 is 2.70 bits per heavy atom. The van der Waals surface area contributed by atoms with Gasteiger partial charge >= 0.3 is 0 Å². The molecule has 5 heteroatoms. The summed E-state index contributed by atoms with van der Waals surface area (Å²) in [6.07, 6.45) is 0.964. The van der Waals surface area contributed by atoms with Crippen molar-refractivity contribution >= 4 is 28.6 Å². The van der Waals surface area contributed by atoms with Crippen LogP contribution in [0.4, 0.5) is 0 Å². The number of likely N-dealkylation sites (N-methyl/N-ethyl adjacent to an activating group) is 1. The zero-order valence-corrected chi connectivity index (χ0v) is 17.1. The van der Waals surface area contributed by atoms with E-state index in [4.69, 9.17) is 0 Å². The molecule has 3 aromatic rings. The summed E-state index contributed by atoms with van der Waals surface area (Å²) in [5.41, 5.74) is 2.56. The Labute approximate surface area is 168 Å². The standard InChI is InChI=1S/C22H24N2OS2/c1-2-23(15-17-7-4-3-5-8-17)16-21(25)24-12-10-19-18(11-14-27-19)22(24)20-9-6-13-26-20/h3-9,11,13-14,22H,2,10,12,15-16H2,1H3. The molecule has 140 valence electrons. The third-order valence-corrected chi connectivity index (χ3v) is 7.08. The summed E-state index contributed by atoms with van der Waals surface area (Å²) in [5.74, 6) is 0.225. The van der Waals surface area contributed by atoms with Crippen LogP contribution in [0.3, 0.4) is 0 Å². The van der Waals surface area contributed by atoms with E-state index in [1.807, 2.05) is 17.4 Å². The highest BCUT2D eigenvalue weighted by Gasteiger charge is 2.33. The molecule has 3 heterocycles. The molecule has 4 rings (SSSR count). The van der Waals surface area contributed by atoms with Crippen LogP contribution in [-0.4, -0.2) is 35.3 Å². The predicted molar refractivity (Wildman–Crippen MR) is 113 cm³/mol. The number of nitrogens with zero attached hydrogens (tertiary/aromatic N) is 2. The number of hydrogen-bond acceptors (Lipinski definition) is 4. The van der Waals surface area contributed by atoms with Gasteiger partial charge in [0.15, 0.2) is 0 Å². The van der Waals surface area contributed by atoms with E-state index in [2.05, 4.69) is 69.9 Å². The molecule has 1 aliphatic rings. The van der Waals surface area contributed by atoms with Gasteiger partial charge in [-0.05, 0) is 47.0 Å². The lowest BCUT2D eigenvalue weighted by atomic mass is 9.98. The van der Waals surface area contributed by atoms with Crippen LogP contribution in [0.5, 0.6) is 0 Å². The van der Waals surface area contributed by atoms with Crippen molar-refractivity contribution in [3.8, 4) is 0 Å². The molecule has 1 unspecified atom stereocenters.